The highest BCUT2D eigenvalue weighted by atomic mass is 16.4. The van der Waals surface area contributed by atoms with Crippen LogP contribution in [-0.2, 0) is 25.7 Å². The molecule has 0 unspecified atom stereocenters. The summed E-state index contributed by atoms with van der Waals surface area (Å²) in [5.74, 6) is -7.16. The first-order valence-electron chi connectivity index (χ1n) is 13.5. The third kappa shape index (κ3) is 10.8. The maximum absolute atomic E-state index is 11.6. The number of benzene rings is 1. The summed E-state index contributed by atoms with van der Waals surface area (Å²) in [4.78, 5) is 53.4. The number of carboxylic acids is 4. The van der Waals surface area contributed by atoms with E-state index in [0.29, 0.717) is 0 Å². The first-order valence-corrected chi connectivity index (χ1v) is 13.5. The second kappa shape index (κ2) is 16.4. The number of carboxylic acid groups (broad SMARTS) is 4. The third-order valence-electron chi connectivity index (χ3n) is 7.16. The van der Waals surface area contributed by atoms with E-state index in [1.165, 1.54) is 88.6 Å². The van der Waals surface area contributed by atoms with Gasteiger partial charge in [-0.1, -0.05) is 19.3 Å². The van der Waals surface area contributed by atoms with E-state index in [1.807, 2.05) is 12.1 Å². The van der Waals surface area contributed by atoms with Crippen molar-refractivity contribution in [3.63, 3.8) is 0 Å². The van der Waals surface area contributed by atoms with Crippen molar-refractivity contribution in [2.45, 2.75) is 64.5 Å². The molecule has 4 N–H and O–H groups in total. The minimum atomic E-state index is -1.82. The van der Waals surface area contributed by atoms with Crippen molar-refractivity contribution in [1.29, 1.82) is 0 Å². The zero-order valence-electron chi connectivity index (χ0n) is 22.8. The Morgan fingerprint density at radius 2 is 1.30 bits per heavy atom. The number of hydrogen-bond donors (Lipinski definition) is 4. The molecule has 0 atom stereocenters. The lowest BCUT2D eigenvalue weighted by Gasteiger charge is -2.40. The summed E-state index contributed by atoms with van der Waals surface area (Å²) in [5, 5.41) is 30.7. The zero-order valence-corrected chi connectivity index (χ0v) is 22.8. The summed E-state index contributed by atoms with van der Waals surface area (Å²) in [6.45, 7) is 8.95. The number of nitrogens with zero attached hydrogens (tertiary/aromatic N) is 3. The van der Waals surface area contributed by atoms with Crippen molar-refractivity contribution >= 4 is 40.6 Å². The number of carbonyl (C=O) groups excluding carboxylic acids is 1. The number of Topliss-reactive ketones (excluding diaryl/α,β-unsaturated/α-hetero) is 1. The van der Waals surface area contributed by atoms with Crippen LogP contribution in [0.4, 0.5) is 0 Å². The van der Waals surface area contributed by atoms with E-state index in [0.717, 1.165) is 18.2 Å². The molecule has 4 rings (SSSR count). The van der Waals surface area contributed by atoms with Gasteiger partial charge in [0, 0.05) is 61.4 Å². The Bertz CT molecular complexity index is 1110. The van der Waals surface area contributed by atoms with Gasteiger partial charge in [-0.25, -0.2) is 19.2 Å². The predicted molar refractivity (Wildman–Crippen MR) is 147 cm³/mol. The monoisotopic (exact) mass is 561 g/mol. The van der Waals surface area contributed by atoms with Crippen molar-refractivity contribution in [3.8, 4) is 0 Å². The second-order valence-corrected chi connectivity index (χ2v) is 9.94. The molecule has 1 aliphatic heterocycles. The number of aryl methyl sites for hydroxylation is 1. The van der Waals surface area contributed by atoms with Gasteiger partial charge in [-0.2, -0.15) is 0 Å². The van der Waals surface area contributed by atoms with Gasteiger partial charge in [0.15, 0.2) is 5.78 Å². The fraction of sp³-hybridized carbons (Fsp3) is 0.536. The minimum absolute atomic E-state index is 0.137. The van der Waals surface area contributed by atoms with Gasteiger partial charge in [0.1, 0.15) is 0 Å². The van der Waals surface area contributed by atoms with Crippen LogP contribution in [0.1, 0.15) is 62.2 Å². The lowest BCUT2D eigenvalue weighted by atomic mass is 9.94. The van der Waals surface area contributed by atoms with E-state index in [4.69, 9.17) is 39.6 Å². The summed E-state index contributed by atoms with van der Waals surface area (Å²) in [6.07, 6.45) is 11.8. The number of ketones is 1. The quantitative estimate of drug-likeness (QED) is 0.222. The molecule has 1 saturated heterocycles. The molecule has 0 spiro atoms. The molecule has 12 heteroatoms. The molecule has 1 aliphatic carbocycles. The van der Waals surface area contributed by atoms with Gasteiger partial charge in [-0.05, 0) is 63.4 Å². The molecule has 2 fully saturated rings. The number of piperazine rings is 1. The fourth-order valence-electron chi connectivity index (χ4n) is 5.03. The van der Waals surface area contributed by atoms with E-state index in [2.05, 4.69) is 32.7 Å². The number of aliphatic carboxylic acids is 4. The maximum Gasteiger partial charge on any atom is 0.414 e. The first kappa shape index (κ1) is 32.4. The normalized spacial score (nSPS) is 16.2. The molecular formula is C28H39N3O9. The van der Waals surface area contributed by atoms with Gasteiger partial charge in [0.25, 0.3) is 0 Å². The maximum atomic E-state index is 11.6. The van der Waals surface area contributed by atoms with Crippen LogP contribution in [0.25, 0.3) is 10.9 Å². The Balaban J connectivity index is 0.000000393. The number of unbranched alkanes of at least 4 members (excludes halogenated alkanes) is 1. The average molecular weight is 562 g/mol. The topological polar surface area (TPSA) is 178 Å². The SMILES string of the molecule is CC(=O)c1ccc2c(ccn2CCCCN2CCN(C3CCCCC3)CC2)c1.O=C(O)C(=O)O.O=C(O)C(=O)O. The smallest absolute Gasteiger partial charge is 0.414 e. The summed E-state index contributed by atoms with van der Waals surface area (Å²) < 4.78 is 2.33. The molecule has 1 saturated carbocycles. The number of carbonyl (C=O) groups is 5. The van der Waals surface area contributed by atoms with Crippen molar-refractivity contribution < 1.29 is 44.4 Å². The van der Waals surface area contributed by atoms with Gasteiger partial charge < -0.3 is 29.9 Å². The van der Waals surface area contributed by atoms with Crippen molar-refractivity contribution in [2.24, 2.45) is 0 Å². The molecular weight excluding hydrogens is 522 g/mol. The van der Waals surface area contributed by atoms with Crippen LogP contribution in [0.3, 0.4) is 0 Å². The first-order chi connectivity index (χ1) is 19.0. The van der Waals surface area contributed by atoms with E-state index in [-0.39, 0.29) is 5.78 Å². The molecule has 12 nitrogen and oxygen atoms in total. The highest BCUT2D eigenvalue weighted by molar-refractivity contribution is 6.27. The largest absolute Gasteiger partial charge is 0.473 e. The van der Waals surface area contributed by atoms with Crippen LogP contribution in [0.15, 0.2) is 30.5 Å². The van der Waals surface area contributed by atoms with Crippen LogP contribution in [0.5, 0.6) is 0 Å². The van der Waals surface area contributed by atoms with E-state index < -0.39 is 23.9 Å². The predicted octanol–water partition coefficient (Wildman–Crippen LogP) is 2.89. The summed E-state index contributed by atoms with van der Waals surface area (Å²) in [6, 6.07) is 9.07. The number of aromatic nitrogens is 1. The molecule has 1 aromatic carbocycles. The van der Waals surface area contributed by atoms with E-state index >= 15 is 0 Å². The summed E-state index contributed by atoms with van der Waals surface area (Å²) in [5.41, 5.74) is 2.05. The Hall–Kier alpha value is -3.77. The molecule has 0 bridgehead atoms. The van der Waals surface area contributed by atoms with Crippen LogP contribution >= 0.6 is 0 Å². The highest BCUT2D eigenvalue weighted by Crippen LogP contribution is 2.23. The molecule has 2 aromatic rings. The lowest BCUT2D eigenvalue weighted by molar-refractivity contribution is -0.159. The molecule has 40 heavy (non-hydrogen) atoms. The molecule has 0 radical (unpaired) electrons. The van der Waals surface area contributed by atoms with Crippen molar-refractivity contribution in [3.05, 3.63) is 36.0 Å². The van der Waals surface area contributed by atoms with E-state index in [1.54, 1.807) is 6.92 Å². The third-order valence-corrected chi connectivity index (χ3v) is 7.16. The molecule has 1 aromatic heterocycles. The lowest BCUT2D eigenvalue weighted by Crippen LogP contribution is -2.50. The van der Waals surface area contributed by atoms with Crippen LogP contribution in [-0.4, -0.2) is 103 Å². The fourth-order valence-corrected chi connectivity index (χ4v) is 5.03. The number of hydrogen-bond acceptors (Lipinski definition) is 7. The van der Waals surface area contributed by atoms with E-state index in [9.17, 15) is 4.79 Å². The molecule has 0 amide bonds. The Labute approximate surface area is 232 Å². The van der Waals surface area contributed by atoms with Crippen molar-refractivity contribution in [2.75, 3.05) is 32.7 Å². The van der Waals surface area contributed by atoms with Crippen molar-refractivity contribution in [1.82, 2.24) is 14.4 Å². The second-order valence-electron chi connectivity index (χ2n) is 9.94. The Kier molecular flexibility index (Phi) is 13.3. The average Bonchev–Trinajstić information content (AvgIpc) is 3.34. The number of rotatable bonds is 7. The van der Waals surface area contributed by atoms with Gasteiger partial charge in [0.2, 0.25) is 0 Å². The standard InChI is InChI=1S/C24H35N3O.2C2H2O4/c1-20(28)21-9-10-24-22(19-21)11-14-27(24)13-6-5-12-25-15-17-26(18-16-25)23-7-3-2-4-8-23;2*3-1(4)2(5)6/h9-11,14,19,23H,2-8,12-13,15-18H2,1H3;2*(H,3,4)(H,5,6). The summed E-state index contributed by atoms with van der Waals surface area (Å²) in [7, 11) is 0. The van der Waals surface area contributed by atoms with Crippen LogP contribution in [0.2, 0.25) is 0 Å². The molecule has 2 aliphatic rings. The van der Waals surface area contributed by atoms with Gasteiger partial charge >= 0.3 is 23.9 Å². The van der Waals surface area contributed by atoms with Gasteiger partial charge in [-0.3, -0.25) is 9.69 Å². The Morgan fingerprint density at radius 1 is 0.750 bits per heavy atom. The number of fused-ring (bicyclic) bond motifs is 1. The van der Waals surface area contributed by atoms with Gasteiger partial charge in [0.05, 0.1) is 0 Å². The van der Waals surface area contributed by atoms with Gasteiger partial charge in [-0.15, -0.1) is 0 Å². The van der Waals surface area contributed by atoms with Crippen LogP contribution < -0.4 is 0 Å². The summed E-state index contributed by atoms with van der Waals surface area (Å²) >= 11 is 0. The highest BCUT2D eigenvalue weighted by Gasteiger charge is 2.24. The zero-order chi connectivity index (χ0) is 29.7. The minimum Gasteiger partial charge on any atom is -0.473 e. The molecule has 220 valence electrons. The molecule has 2 heterocycles. The van der Waals surface area contributed by atoms with Crippen LogP contribution in [0, 0.1) is 0 Å². The Morgan fingerprint density at radius 3 is 1.82 bits per heavy atom.